The highest BCUT2D eigenvalue weighted by Crippen LogP contribution is 2.23. The van der Waals surface area contributed by atoms with Crippen molar-refractivity contribution in [2.45, 2.75) is 18.9 Å². The second-order valence-electron chi connectivity index (χ2n) is 4.69. The van der Waals surface area contributed by atoms with Gasteiger partial charge in [-0.05, 0) is 12.8 Å². The number of carbonyl (C=O) groups excluding carboxylic acids is 2. The molecule has 6 nitrogen and oxygen atoms in total. The standard InChI is InChI=1S/C12H14N4O2S/c1-15(6-10(18)13-8-2-3-8)11-9(7-17)16-4-5-19-12(16)14-11/h4-5,7-8H,2-3,6H2,1H3,(H,13,18). The van der Waals surface area contributed by atoms with Gasteiger partial charge in [0.25, 0.3) is 0 Å². The van der Waals surface area contributed by atoms with E-state index in [4.69, 9.17) is 0 Å². The van der Waals surface area contributed by atoms with Crippen molar-refractivity contribution in [1.29, 1.82) is 0 Å². The molecule has 100 valence electrons. The summed E-state index contributed by atoms with van der Waals surface area (Å²) in [5.41, 5.74) is 0.484. The van der Waals surface area contributed by atoms with Crippen LogP contribution in [0, 0.1) is 0 Å². The number of carbonyl (C=O) groups is 2. The SMILES string of the molecule is CN(CC(=O)NC1CC1)c1nc2sccn2c1C=O. The van der Waals surface area contributed by atoms with Crippen molar-refractivity contribution in [1.82, 2.24) is 14.7 Å². The summed E-state index contributed by atoms with van der Waals surface area (Å²) in [5.74, 6) is 0.519. The predicted octanol–water partition coefficient (Wildman–Crippen LogP) is 0.923. The van der Waals surface area contributed by atoms with Gasteiger partial charge in [0.15, 0.2) is 17.1 Å². The van der Waals surface area contributed by atoms with E-state index >= 15 is 0 Å². The average Bonchev–Trinajstić information content (AvgIpc) is 2.93. The van der Waals surface area contributed by atoms with Crippen molar-refractivity contribution < 1.29 is 9.59 Å². The van der Waals surface area contributed by atoms with Crippen LogP contribution < -0.4 is 10.2 Å². The fraction of sp³-hybridized carbons (Fsp3) is 0.417. The van der Waals surface area contributed by atoms with E-state index in [9.17, 15) is 9.59 Å². The molecular weight excluding hydrogens is 264 g/mol. The second-order valence-corrected chi connectivity index (χ2v) is 5.56. The number of thiazole rings is 1. The van der Waals surface area contributed by atoms with E-state index < -0.39 is 0 Å². The molecule has 0 radical (unpaired) electrons. The summed E-state index contributed by atoms with van der Waals surface area (Å²) in [6.45, 7) is 0.210. The number of fused-ring (bicyclic) bond motifs is 1. The summed E-state index contributed by atoms with van der Waals surface area (Å²) >= 11 is 1.46. The number of imidazole rings is 1. The van der Waals surface area contributed by atoms with Crippen LogP contribution in [0.1, 0.15) is 23.3 Å². The number of nitrogens with one attached hydrogen (secondary N) is 1. The molecule has 0 aliphatic heterocycles. The van der Waals surface area contributed by atoms with Crippen molar-refractivity contribution in [2.24, 2.45) is 0 Å². The molecule has 1 N–H and O–H groups in total. The molecule has 1 fully saturated rings. The van der Waals surface area contributed by atoms with Crippen LogP contribution in [0.3, 0.4) is 0 Å². The summed E-state index contributed by atoms with van der Waals surface area (Å²) in [5, 5.41) is 4.79. The molecule has 2 aromatic rings. The Labute approximate surface area is 114 Å². The molecule has 0 aromatic carbocycles. The Bertz CT molecular complexity index is 629. The Morgan fingerprint density at radius 2 is 2.47 bits per heavy atom. The third-order valence-electron chi connectivity index (χ3n) is 3.08. The molecule has 0 atom stereocenters. The number of hydrogen-bond donors (Lipinski definition) is 1. The first-order valence-corrected chi connectivity index (χ1v) is 6.98. The molecule has 7 heteroatoms. The molecule has 0 saturated heterocycles. The lowest BCUT2D eigenvalue weighted by Crippen LogP contribution is -2.36. The molecule has 2 aromatic heterocycles. The largest absolute Gasteiger partial charge is 0.352 e. The van der Waals surface area contributed by atoms with Crippen LogP contribution in [0.5, 0.6) is 0 Å². The highest BCUT2D eigenvalue weighted by Gasteiger charge is 2.24. The summed E-state index contributed by atoms with van der Waals surface area (Å²) < 4.78 is 1.74. The molecule has 0 bridgehead atoms. The number of anilines is 1. The van der Waals surface area contributed by atoms with Gasteiger partial charge in [0.05, 0.1) is 6.54 Å². The first-order chi connectivity index (χ1) is 9.19. The second kappa shape index (κ2) is 4.65. The molecule has 0 unspecified atom stereocenters. The van der Waals surface area contributed by atoms with Crippen molar-refractivity contribution >= 4 is 34.3 Å². The monoisotopic (exact) mass is 278 g/mol. The summed E-state index contributed by atoms with van der Waals surface area (Å²) in [4.78, 5) is 29.8. The molecule has 3 rings (SSSR count). The predicted molar refractivity (Wildman–Crippen MR) is 72.9 cm³/mol. The van der Waals surface area contributed by atoms with Crippen LogP contribution >= 0.6 is 11.3 Å². The fourth-order valence-corrected chi connectivity index (χ4v) is 2.69. The first-order valence-electron chi connectivity index (χ1n) is 6.10. The lowest BCUT2D eigenvalue weighted by atomic mass is 10.4. The maximum atomic E-state index is 11.8. The third-order valence-corrected chi connectivity index (χ3v) is 3.83. The van der Waals surface area contributed by atoms with E-state index in [0.717, 1.165) is 24.1 Å². The van der Waals surface area contributed by atoms with Crippen molar-refractivity contribution in [3.8, 4) is 0 Å². The number of nitrogens with zero attached hydrogens (tertiary/aromatic N) is 3. The number of amides is 1. The first kappa shape index (κ1) is 12.2. The highest BCUT2D eigenvalue weighted by atomic mass is 32.1. The Kier molecular flexibility index (Phi) is 2.98. The maximum Gasteiger partial charge on any atom is 0.239 e. The zero-order chi connectivity index (χ0) is 13.4. The summed E-state index contributed by atoms with van der Waals surface area (Å²) in [7, 11) is 1.77. The van der Waals surface area contributed by atoms with E-state index in [1.165, 1.54) is 11.3 Å². The van der Waals surface area contributed by atoms with Gasteiger partial charge in [0, 0.05) is 24.7 Å². The smallest absolute Gasteiger partial charge is 0.239 e. The Morgan fingerprint density at radius 1 is 1.68 bits per heavy atom. The number of hydrogen-bond acceptors (Lipinski definition) is 5. The van der Waals surface area contributed by atoms with Gasteiger partial charge in [0.2, 0.25) is 5.91 Å². The minimum Gasteiger partial charge on any atom is -0.352 e. The van der Waals surface area contributed by atoms with E-state index in [0.29, 0.717) is 17.6 Å². The van der Waals surface area contributed by atoms with E-state index in [2.05, 4.69) is 10.3 Å². The van der Waals surface area contributed by atoms with Gasteiger partial charge >= 0.3 is 0 Å². The molecule has 1 aliphatic rings. The molecule has 1 aliphatic carbocycles. The van der Waals surface area contributed by atoms with Gasteiger partial charge in [-0.25, -0.2) is 4.98 Å². The number of aromatic nitrogens is 2. The molecule has 0 spiro atoms. The number of rotatable bonds is 5. The van der Waals surface area contributed by atoms with E-state index in [1.807, 2.05) is 5.38 Å². The fourth-order valence-electron chi connectivity index (χ4n) is 1.97. The topological polar surface area (TPSA) is 66.7 Å². The maximum absolute atomic E-state index is 11.8. The van der Waals surface area contributed by atoms with Crippen LogP contribution in [-0.4, -0.2) is 41.2 Å². The normalized spacial score (nSPS) is 14.6. The molecule has 1 amide bonds. The lowest BCUT2D eigenvalue weighted by Gasteiger charge is -2.16. The van der Waals surface area contributed by atoms with Crippen LogP contribution in [-0.2, 0) is 4.79 Å². The van der Waals surface area contributed by atoms with Crippen molar-refractivity contribution in [2.75, 3.05) is 18.5 Å². The van der Waals surface area contributed by atoms with Gasteiger partial charge in [-0.1, -0.05) is 0 Å². The average molecular weight is 278 g/mol. The minimum atomic E-state index is -0.0294. The van der Waals surface area contributed by atoms with Gasteiger partial charge in [-0.3, -0.25) is 14.0 Å². The summed E-state index contributed by atoms with van der Waals surface area (Å²) in [6.07, 6.45) is 4.71. The quantitative estimate of drug-likeness (QED) is 0.826. The van der Waals surface area contributed by atoms with Gasteiger partial charge in [-0.15, -0.1) is 11.3 Å². The number of aldehydes is 1. The van der Waals surface area contributed by atoms with Gasteiger partial charge in [0.1, 0.15) is 5.69 Å². The summed E-state index contributed by atoms with van der Waals surface area (Å²) in [6, 6.07) is 0.344. The van der Waals surface area contributed by atoms with Gasteiger partial charge in [-0.2, -0.15) is 0 Å². The Hall–Kier alpha value is -1.89. The van der Waals surface area contributed by atoms with Crippen LogP contribution in [0.4, 0.5) is 5.82 Å². The zero-order valence-corrected chi connectivity index (χ0v) is 11.3. The van der Waals surface area contributed by atoms with Crippen molar-refractivity contribution in [3.63, 3.8) is 0 Å². The van der Waals surface area contributed by atoms with Crippen LogP contribution in [0.2, 0.25) is 0 Å². The van der Waals surface area contributed by atoms with E-state index in [-0.39, 0.29) is 12.5 Å². The van der Waals surface area contributed by atoms with Crippen molar-refractivity contribution in [3.05, 3.63) is 17.3 Å². The van der Waals surface area contributed by atoms with Crippen LogP contribution in [0.15, 0.2) is 11.6 Å². The number of likely N-dealkylation sites (N-methyl/N-ethyl adjacent to an activating group) is 1. The minimum absolute atomic E-state index is 0.0294. The van der Waals surface area contributed by atoms with E-state index in [1.54, 1.807) is 22.5 Å². The molecule has 19 heavy (non-hydrogen) atoms. The highest BCUT2D eigenvalue weighted by molar-refractivity contribution is 7.15. The van der Waals surface area contributed by atoms with Gasteiger partial charge < -0.3 is 10.2 Å². The Morgan fingerprint density at radius 3 is 3.16 bits per heavy atom. The molecule has 2 heterocycles. The third kappa shape index (κ3) is 2.33. The lowest BCUT2D eigenvalue weighted by molar-refractivity contribution is -0.119. The van der Waals surface area contributed by atoms with Crippen LogP contribution in [0.25, 0.3) is 4.96 Å². The zero-order valence-electron chi connectivity index (χ0n) is 10.5. The molecular formula is C12H14N4O2S. The molecule has 1 saturated carbocycles. The Balaban J connectivity index is 1.79.